The monoisotopic (exact) mass is 203 g/mol. The predicted molar refractivity (Wildman–Crippen MR) is 49.4 cm³/mol. The van der Waals surface area contributed by atoms with Crippen molar-refractivity contribution < 1.29 is 19.0 Å². The second kappa shape index (κ2) is 4.72. The van der Waals surface area contributed by atoms with Gasteiger partial charge in [-0.25, -0.2) is 0 Å². The van der Waals surface area contributed by atoms with Crippen molar-refractivity contribution in [2.45, 2.75) is 31.8 Å². The van der Waals surface area contributed by atoms with E-state index < -0.39 is 5.92 Å². The van der Waals surface area contributed by atoms with Gasteiger partial charge in [0.1, 0.15) is 0 Å². The molecule has 1 fully saturated rings. The summed E-state index contributed by atoms with van der Waals surface area (Å²) in [6.45, 7) is 1.80. The van der Waals surface area contributed by atoms with Crippen molar-refractivity contribution in [3.05, 3.63) is 0 Å². The first-order chi connectivity index (χ1) is 6.60. The van der Waals surface area contributed by atoms with Crippen molar-refractivity contribution in [2.24, 2.45) is 11.7 Å². The zero-order valence-corrected chi connectivity index (χ0v) is 8.73. The molecule has 1 aliphatic rings. The summed E-state index contributed by atoms with van der Waals surface area (Å²) in [4.78, 5) is 11.4. The van der Waals surface area contributed by atoms with Crippen molar-refractivity contribution in [2.75, 3.05) is 14.2 Å². The minimum atomic E-state index is -0.397. The smallest absolute Gasteiger partial charge is 0.312 e. The summed E-state index contributed by atoms with van der Waals surface area (Å²) in [5.74, 6) is -0.717. The summed E-state index contributed by atoms with van der Waals surface area (Å²) in [5, 5.41) is 0. The first-order valence-electron chi connectivity index (χ1n) is 4.61. The molecule has 82 valence electrons. The third-order valence-corrected chi connectivity index (χ3v) is 2.53. The van der Waals surface area contributed by atoms with Gasteiger partial charge in [-0.2, -0.15) is 0 Å². The Morgan fingerprint density at radius 2 is 2.14 bits per heavy atom. The first-order valence-corrected chi connectivity index (χ1v) is 4.61. The normalized spacial score (nSPS) is 38.0. The summed E-state index contributed by atoms with van der Waals surface area (Å²) >= 11 is 0. The highest BCUT2D eigenvalue weighted by molar-refractivity contribution is 5.73. The summed E-state index contributed by atoms with van der Waals surface area (Å²) in [5.41, 5.74) is 5.85. The Morgan fingerprint density at radius 1 is 1.50 bits per heavy atom. The molecule has 1 aliphatic heterocycles. The van der Waals surface area contributed by atoms with Gasteiger partial charge in [-0.05, 0) is 6.92 Å². The van der Waals surface area contributed by atoms with E-state index in [1.807, 2.05) is 0 Å². The SMILES string of the molecule is COC(=O)[C@H]1[C@H](N)C[C@H](OC)O[C@@H]1C. The van der Waals surface area contributed by atoms with Crippen LogP contribution in [0.15, 0.2) is 0 Å². The largest absolute Gasteiger partial charge is 0.469 e. The number of methoxy groups -OCH3 is 2. The number of ether oxygens (including phenoxy) is 3. The highest BCUT2D eigenvalue weighted by Gasteiger charge is 2.39. The lowest BCUT2D eigenvalue weighted by Crippen LogP contribution is -2.51. The minimum Gasteiger partial charge on any atom is -0.469 e. The molecule has 14 heavy (non-hydrogen) atoms. The molecular formula is C9H17NO4. The Bertz CT molecular complexity index is 197. The molecule has 0 aromatic heterocycles. The summed E-state index contributed by atoms with van der Waals surface area (Å²) in [6, 6.07) is -0.267. The van der Waals surface area contributed by atoms with E-state index in [0.29, 0.717) is 6.42 Å². The van der Waals surface area contributed by atoms with Crippen LogP contribution >= 0.6 is 0 Å². The number of nitrogens with two attached hydrogens (primary N) is 1. The standard InChI is InChI=1S/C9H17NO4/c1-5-8(9(11)13-3)6(10)4-7(12-2)14-5/h5-8H,4,10H2,1-3H3/t5-,6-,7-,8-/m1/s1. The van der Waals surface area contributed by atoms with Gasteiger partial charge < -0.3 is 19.9 Å². The Kier molecular flexibility index (Phi) is 3.86. The van der Waals surface area contributed by atoms with Gasteiger partial charge in [-0.1, -0.05) is 0 Å². The topological polar surface area (TPSA) is 70.8 Å². The molecule has 4 atom stereocenters. The number of esters is 1. The first kappa shape index (κ1) is 11.4. The van der Waals surface area contributed by atoms with Crippen LogP contribution < -0.4 is 5.73 Å². The van der Waals surface area contributed by atoms with Gasteiger partial charge >= 0.3 is 5.97 Å². The summed E-state index contributed by atoms with van der Waals surface area (Å²) in [7, 11) is 2.91. The predicted octanol–water partition coefficient (Wildman–Crippen LogP) is -0.116. The second-order valence-corrected chi connectivity index (χ2v) is 3.45. The molecule has 0 amide bonds. The van der Waals surface area contributed by atoms with E-state index in [1.165, 1.54) is 7.11 Å². The highest BCUT2D eigenvalue weighted by atomic mass is 16.7. The van der Waals surface area contributed by atoms with Crippen molar-refractivity contribution in [3.8, 4) is 0 Å². The Labute approximate surface area is 83.5 Å². The lowest BCUT2D eigenvalue weighted by molar-refractivity contribution is -0.205. The van der Waals surface area contributed by atoms with E-state index in [4.69, 9.17) is 15.2 Å². The molecule has 0 aromatic carbocycles. The number of rotatable bonds is 2. The fourth-order valence-electron chi connectivity index (χ4n) is 1.75. The third kappa shape index (κ3) is 2.23. The van der Waals surface area contributed by atoms with E-state index in [0.717, 1.165) is 0 Å². The molecule has 5 nitrogen and oxygen atoms in total. The van der Waals surface area contributed by atoms with Crippen molar-refractivity contribution in [1.82, 2.24) is 0 Å². The second-order valence-electron chi connectivity index (χ2n) is 3.45. The minimum absolute atomic E-state index is 0.267. The van der Waals surface area contributed by atoms with Crippen LogP contribution in [-0.4, -0.2) is 38.6 Å². The number of hydrogen-bond donors (Lipinski definition) is 1. The van der Waals surface area contributed by atoms with Crippen LogP contribution in [0, 0.1) is 5.92 Å². The van der Waals surface area contributed by atoms with E-state index in [9.17, 15) is 4.79 Å². The average Bonchev–Trinajstić information content (AvgIpc) is 2.16. The quantitative estimate of drug-likeness (QED) is 0.634. The van der Waals surface area contributed by atoms with Crippen molar-refractivity contribution in [1.29, 1.82) is 0 Å². The zero-order chi connectivity index (χ0) is 10.7. The molecule has 0 unspecified atom stereocenters. The summed E-state index contributed by atoms with van der Waals surface area (Å²) in [6.07, 6.45) is -0.0716. The molecule has 1 rings (SSSR count). The molecule has 0 bridgehead atoms. The number of hydrogen-bond acceptors (Lipinski definition) is 5. The van der Waals surface area contributed by atoms with Gasteiger partial charge in [-0.3, -0.25) is 4.79 Å². The van der Waals surface area contributed by atoms with E-state index in [-0.39, 0.29) is 24.4 Å². The molecule has 1 saturated heterocycles. The van der Waals surface area contributed by atoms with E-state index in [2.05, 4.69) is 4.74 Å². The third-order valence-electron chi connectivity index (χ3n) is 2.53. The molecule has 2 N–H and O–H groups in total. The molecule has 1 heterocycles. The lowest BCUT2D eigenvalue weighted by Gasteiger charge is -2.36. The highest BCUT2D eigenvalue weighted by Crippen LogP contribution is 2.25. The lowest BCUT2D eigenvalue weighted by atomic mass is 9.90. The molecule has 0 saturated carbocycles. The van der Waals surface area contributed by atoms with Gasteiger partial charge in [0, 0.05) is 19.6 Å². The Morgan fingerprint density at radius 3 is 2.57 bits per heavy atom. The fraction of sp³-hybridized carbons (Fsp3) is 0.889. The maximum atomic E-state index is 11.4. The van der Waals surface area contributed by atoms with Crippen molar-refractivity contribution >= 4 is 5.97 Å². The maximum absolute atomic E-state index is 11.4. The van der Waals surface area contributed by atoms with Gasteiger partial charge in [0.15, 0.2) is 6.29 Å². The van der Waals surface area contributed by atoms with E-state index in [1.54, 1.807) is 14.0 Å². The van der Waals surface area contributed by atoms with Crippen LogP contribution in [0.1, 0.15) is 13.3 Å². The Hall–Kier alpha value is -0.650. The van der Waals surface area contributed by atoms with Crippen LogP contribution in [0.25, 0.3) is 0 Å². The number of carbonyl (C=O) groups excluding carboxylic acids is 1. The molecular weight excluding hydrogens is 186 g/mol. The zero-order valence-electron chi connectivity index (χ0n) is 8.73. The Balaban J connectivity index is 2.65. The molecule has 0 aliphatic carbocycles. The van der Waals surface area contributed by atoms with Crippen LogP contribution in [0.3, 0.4) is 0 Å². The van der Waals surface area contributed by atoms with Crippen molar-refractivity contribution in [3.63, 3.8) is 0 Å². The average molecular weight is 203 g/mol. The van der Waals surface area contributed by atoms with Gasteiger partial charge in [0.25, 0.3) is 0 Å². The van der Waals surface area contributed by atoms with Gasteiger partial charge in [-0.15, -0.1) is 0 Å². The van der Waals surface area contributed by atoms with Crippen LogP contribution in [0.5, 0.6) is 0 Å². The van der Waals surface area contributed by atoms with Crippen LogP contribution in [0.4, 0.5) is 0 Å². The van der Waals surface area contributed by atoms with Crippen LogP contribution in [-0.2, 0) is 19.0 Å². The molecule has 0 radical (unpaired) electrons. The molecule has 0 spiro atoms. The van der Waals surface area contributed by atoms with Gasteiger partial charge in [0.2, 0.25) is 0 Å². The van der Waals surface area contributed by atoms with E-state index >= 15 is 0 Å². The molecule has 5 heteroatoms. The van der Waals surface area contributed by atoms with Gasteiger partial charge in [0.05, 0.1) is 19.1 Å². The maximum Gasteiger partial charge on any atom is 0.312 e. The fourth-order valence-corrected chi connectivity index (χ4v) is 1.75. The summed E-state index contributed by atoms with van der Waals surface area (Å²) < 4.78 is 15.1. The van der Waals surface area contributed by atoms with Crippen LogP contribution in [0.2, 0.25) is 0 Å². The number of carbonyl (C=O) groups is 1. The molecule has 0 aromatic rings.